The van der Waals surface area contributed by atoms with Gasteiger partial charge < -0.3 is 30.5 Å². The molecule has 3 rings (SSSR count). The normalized spacial score (nSPS) is 11.0. The zero-order valence-electron chi connectivity index (χ0n) is 29.3. The van der Waals surface area contributed by atoms with Gasteiger partial charge in [-0.3, -0.25) is 4.79 Å². The number of aromatic nitrogens is 3. The SMILES string of the molecule is CC(C)(C)C(Nc1ncc(C#N)cc1Cl)C(=O)O.CC(C)(C)OC(=O)CCNc1ncc(C#N)cc1Cl.COCCNc1ncc(C#N)cc1Cl. The summed E-state index contributed by atoms with van der Waals surface area (Å²) in [6, 6.07) is 9.53. The fraction of sp³-hybridized carbons (Fsp3) is 0.412. The van der Waals surface area contributed by atoms with Gasteiger partial charge in [0.2, 0.25) is 0 Å². The topological polar surface area (TPSA) is 219 Å². The van der Waals surface area contributed by atoms with Gasteiger partial charge in [0.05, 0.1) is 44.8 Å². The molecule has 0 aliphatic heterocycles. The highest BCUT2D eigenvalue weighted by molar-refractivity contribution is 6.33. The van der Waals surface area contributed by atoms with E-state index in [2.05, 4.69) is 30.9 Å². The minimum absolute atomic E-state index is 0.218. The number of carbonyl (C=O) groups excluding carboxylic acids is 1. The van der Waals surface area contributed by atoms with Crippen LogP contribution in [0.15, 0.2) is 36.8 Å². The second-order valence-corrected chi connectivity index (χ2v) is 13.7. The minimum atomic E-state index is -0.982. The van der Waals surface area contributed by atoms with Gasteiger partial charge in [-0.15, -0.1) is 0 Å². The number of ether oxygens (including phenoxy) is 2. The summed E-state index contributed by atoms with van der Waals surface area (Å²) in [5, 5.41) is 44.8. The molecule has 51 heavy (non-hydrogen) atoms. The number of carbonyl (C=O) groups is 2. The van der Waals surface area contributed by atoms with E-state index in [1.165, 1.54) is 30.7 Å². The molecule has 0 fully saturated rings. The summed E-state index contributed by atoms with van der Waals surface area (Å²) in [5.74, 6) is 0.0134. The molecule has 272 valence electrons. The number of halogens is 3. The van der Waals surface area contributed by atoms with Crippen LogP contribution < -0.4 is 16.0 Å². The largest absolute Gasteiger partial charge is 0.480 e. The summed E-state index contributed by atoms with van der Waals surface area (Å²) in [6.45, 7) is 12.4. The van der Waals surface area contributed by atoms with Gasteiger partial charge in [0.25, 0.3) is 0 Å². The predicted octanol–water partition coefficient (Wildman–Crippen LogP) is 6.93. The molecule has 3 heterocycles. The van der Waals surface area contributed by atoms with Crippen molar-refractivity contribution in [2.75, 3.05) is 42.8 Å². The number of nitriles is 3. The first kappa shape index (κ1) is 44.1. The average molecular weight is 761 g/mol. The molecule has 1 unspecified atom stereocenters. The highest BCUT2D eigenvalue weighted by atomic mass is 35.5. The maximum absolute atomic E-state index is 11.5. The smallest absolute Gasteiger partial charge is 0.326 e. The van der Waals surface area contributed by atoms with Gasteiger partial charge in [0.15, 0.2) is 0 Å². The quantitative estimate of drug-likeness (QED) is 0.115. The van der Waals surface area contributed by atoms with Gasteiger partial charge >= 0.3 is 11.9 Å². The summed E-state index contributed by atoms with van der Waals surface area (Å²) < 4.78 is 10.0. The van der Waals surface area contributed by atoms with Crippen LogP contribution in [-0.4, -0.2) is 70.4 Å². The van der Waals surface area contributed by atoms with Crippen LogP contribution in [0, 0.1) is 39.4 Å². The van der Waals surface area contributed by atoms with Crippen molar-refractivity contribution in [3.63, 3.8) is 0 Å². The van der Waals surface area contributed by atoms with Crippen LogP contribution in [0.5, 0.6) is 0 Å². The first-order valence-corrected chi connectivity index (χ1v) is 16.3. The van der Waals surface area contributed by atoms with Crippen LogP contribution in [0.4, 0.5) is 17.5 Å². The maximum atomic E-state index is 11.5. The molecule has 0 saturated carbocycles. The number of esters is 1. The Kier molecular flexibility index (Phi) is 18.5. The number of nitrogens with zero attached hydrogens (tertiary/aromatic N) is 6. The Labute approximate surface area is 312 Å². The molecule has 14 nitrogen and oxygen atoms in total. The van der Waals surface area contributed by atoms with Gasteiger partial charge in [-0.25, -0.2) is 19.7 Å². The van der Waals surface area contributed by atoms with Crippen molar-refractivity contribution in [3.8, 4) is 18.2 Å². The molecule has 0 aromatic carbocycles. The average Bonchev–Trinajstić information content (AvgIpc) is 3.04. The number of pyridine rings is 3. The Balaban J connectivity index is 0.000000387. The van der Waals surface area contributed by atoms with Crippen molar-refractivity contribution < 1.29 is 24.2 Å². The number of methoxy groups -OCH3 is 1. The molecular weight excluding hydrogens is 721 g/mol. The molecule has 0 amide bonds. The lowest BCUT2D eigenvalue weighted by molar-refractivity contribution is -0.154. The van der Waals surface area contributed by atoms with Crippen LogP contribution in [0.3, 0.4) is 0 Å². The number of carboxylic acid groups (broad SMARTS) is 1. The number of anilines is 3. The monoisotopic (exact) mass is 759 g/mol. The molecule has 4 N–H and O–H groups in total. The van der Waals surface area contributed by atoms with Gasteiger partial charge in [0.1, 0.15) is 47.3 Å². The summed E-state index contributed by atoms with van der Waals surface area (Å²) in [5.41, 5.74) is 0.190. The van der Waals surface area contributed by atoms with Crippen molar-refractivity contribution in [2.24, 2.45) is 5.41 Å². The number of aliphatic carboxylic acids is 1. The molecule has 3 aromatic rings. The third-order valence-corrected chi connectivity index (χ3v) is 6.81. The first-order valence-electron chi connectivity index (χ1n) is 15.2. The Morgan fingerprint density at radius 1 is 0.784 bits per heavy atom. The maximum Gasteiger partial charge on any atom is 0.326 e. The second-order valence-electron chi connectivity index (χ2n) is 12.5. The van der Waals surface area contributed by atoms with Crippen LogP contribution in [0.2, 0.25) is 15.1 Å². The van der Waals surface area contributed by atoms with E-state index >= 15 is 0 Å². The fourth-order valence-corrected chi connectivity index (χ4v) is 4.28. The van der Waals surface area contributed by atoms with Crippen molar-refractivity contribution in [1.82, 2.24) is 15.0 Å². The highest BCUT2D eigenvalue weighted by Gasteiger charge is 2.32. The molecular formula is C34H40Cl3N9O5. The van der Waals surface area contributed by atoms with Gasteiger partial charge in [-0.1, -0.05) is 55.6 Å². The number of nitrogens with one attached hydrogen (secondary N) is 3. The Hall–Kier alpha value is -4.91. The van der Waals surface area contributed by atoms with Crippen molar-refractivity contribution in [1.29, 1.82) is 15.8 Å². The van der Waals surface area contributed by atoms with E-state index in [1.54, 1.807) is 33.9 Å². The molecule has 1 atom stereocenters. The van der Waals surface area contributed by atoms with Crippen LogP contribution in [-0.2, 0) is 19.1 Å². The number of rotatable bonds is 11. The molecule has 0 spiro atoms. The highest BCUT2D eigenvalue weighted by Crippen LogP contribution is 2.27. The molecule has 3 aromatic heterocycles. The third kappa shape index (κ3) is 17.0. The number of hydrogen-bond acceptors (Lipinski definition) is 13. The zero-order chi connectivity index (χ0) is 38.8. The second kappa shape index (κ2) is 21.3. The summed E-state index contributed by atoms with van der Waals surface area (Å²) in [7, 11) is 1.62. The number of hydrogen-bond donors (Lipinski definition) is 4. The third-order valence-electron chi connectivity index (χ3n) is 5.95. The van der Waals surface area contributed by atoms with E-state index < -0.39 is 23.0 Å². The summed E-state index contributed by atoms with van der Waals surface area (Å²) in [6.07, 6.45) is 4.45. The van der Waals surface area contributed by atoms with Crippen molar-refractivity contribution in [3.05, 3.63) is 68.5 Å². The standard InChI is InChI=1S/C13H16ClN3O2.C12H14ClN3O2.C9H10ClN3O/c1-13(2,3)19-11(18)4-5-16-12-10(14)6-9(7-15)8-17-12;1-12(2,3)9(11(17)18)16-10-8(13)4-7(5-14)6-15-10;1-14-3-2-12-9-8(10)4-7(5-11)6-13-9/h6,8H,4-5H2,1-3H3,(H,16,17);4,6,9H,1-3H3,(H,15,16)(H,17,18);4,6H,2-3H2,1H3,(H,12,13). The van der Waals surface area contributed by atoms with Gasteiger partial charge in [-0.2, -0.15) is 15.8 Å². The lowest BCUT2D eigenvalue weighted by atomic mass is 9.87. The molecule has 0 saturated heterocycles. The van der Waals surface area contributed by atoms with Crippen LogP contribution in [0.1, 0.15) is 64.7 Å². The molecule has 0 aliphatic carbocycles. The van der Waals surface area contributed by atoms with E-state index in [-0.39, 0.29) is 23.2 Å². The fourth-order valence-electron chi connectivity index (χ4n) is 3.60. The van der Waals surface area contributed by atoms with E-state index in [0.717, 1.165) is 0 Å². The molecule has 17 heteroatoms. The molecule has 0 radical (unpaired) electrons. The van der Waals surface area contributed by atoms with Crippen molar-refractivity contribution >= 4 is 64.2 Å². The van der Waals surface area contributed by atoms with Gasteiger partial charge in [0, 0.05) is 38.8 Å². The van der Waals surface area contributed by atoms with Crippen molar-refractivity contribution in [2.45, 2.75) is 59.6 Å². The summed E-state index contributed by atoms with van der Waals surface area (Å²) >= 11 is 17.7. The molecule has 0 aliphatic rings. The van der Waals surface area contributed by atoms with Gasteiger partial charge in [-0.05, 0) is 44.4 Å². The lowest BCUT2D eigenvalue weighted by Crippen LogP contribution is -2.41. The van der Waals surface area contributed by atoms with Crippen LogP contribution >= 0.6 is 34.8 Å². The predicted molar refractivity (Wildman–Crippen MR) is 196 cm³/mol. The van der Waals surface area contributed by atoms with E-state index in [9.17, 15) is 14.7 Å². The van der Waals surface area contributed by atoms with E-state index in [4.69, 9.17) is 60.1 Å². The summed E-state index contributed by atoms with van der Waals surface area (Å²) in [4.78, 5) is 34.6. The number of carboxylic acids is 1. The zero-order valence-corrected chi connectivity index (χ0v) is 31.5. The first-order chi connectivity index (χ1) is 23.8. The Bertz CT molecular complexity index is 1760. The lowest BCUT2D eigenvalue weighted by Gasteiger charge is -2.28. The molecule has 0 bridgehead atoms. The van der Waals surface area contributed by atoms with E-state index in [1.807, 2.05) is 39.0 Å². The van der Waals surface area contributed by atoms with Crippen LogP contribution in [0.25, 0.3) is 0 Å². The van der Waals surface area contributed by atoms with E-state index in [0.29, 0.717) is 58.1 Å². The minimum Gasteiger partial charge on any atom is -0.480 e. The Morgan fingerprint density at radius 2 is 1.20 bits per heavy atom. The Morgan fingerprint density at radius 3 is 1.53 bits per heavy atom.